The summed E-state index contributed by atoms with van der Waals surface area (Å²) in [6.07, 6.45) is 0.967. The molecule has 0 amide bonds. The van der Waals surface area contributed by atoms with Crippen LogP contribution in [0, 0.1) is 5.82 Å². The maximum atomic E-state index is 13.8. The maximum Gasteiger partial charge on any atom is 0.130 e. The van der Waals surface area contributed by atoms with Crippen molar-refractivity contribution in [2.75, 3.05) is 31.2 Å². The van der Waals surface area contributed by atoms with Crippen molar-refractivity contribution < 1.29 is 9.13 Å². The molecule has 1 aliphatic rings. The summed E-state index contributed by atoms with van der Waals surface area (Å²) in [5.41, 5.74) is 7.38. The molecule has 1 heterocycles. The summed E-state index contributed by atoms with van der Waals surface area (Å²) >= 11 is 0. The number of nitrogens with two attached hydrogens (primary N) is 1. The monoisotopic (exact) mass is 238 g/mol. The van der Waals surface area contributed by atoms with Crippen molar-refractivity contribution >= 4 is 5.69 Å². The lowest BCUT2D eigenvalue weighted by molar-refractivity contribution is 0.152. The predicted octanol–water partition coefficient (Wildman–Crippen LogP) is 2.07. The van der Waals surface area contributed by atoms with Crippen molar-refractivity contribution in [2.24, 2.45) is 5.73 Å². The topological polar surface area (TPSA) is 38.5 Å². The SMILES string of the molecule is CC(N)c1c(F)cccc1N1CCCOCC1. The second-order valence-corrected chi connectivity index (χ2v) is 4.41. The van der Waals surface area contributed by atoms with Gasteiger partial charge >= 0.3 is 0 Å². The van der Waals surface area contributed by atoms with Crippen LogP contribution in [-0.2, 0) is 4.74 Å². The molecule has 1 saturated heterocycles. The van der Waals surface area contributed by atoms with Gasteiger partial charge in [0.2, 0.25) is 0 Å². The molecule has 0 radical (unpaired) electrons. The van der Waals surface area contributed by atoms with E-state index in [4.69, 9.17) is 10.5 Å². The van der Waals surface area contributed by atoms with Crippen LogP contribution in [0.15, 0.2) is 18.2 Å². The molecule has 1 aliphatic heterocycles. The predicted molar refractivity (Wildman–Crippen MR) is 66.7 cm³/mol. The number of hydrogen-bond acceptors (Lipinski definition) is 3. The summed E-state index contributed by atoms with van der Waals surface area (Å²) in [6.45, 7) is 4.97. The third kappa shape index (κ3) is 2.76. The van der Waals surface area contributed by atoms with Gasteiger partial charge in [-0.25, -0.2) is 4.39 Å². The van der Waals surface area contributed by atoms with Crippen LogP contribution in [0.5, 0.6) is 0 Å². The quantitative estimate of drug-likeness (QED) is 0.857. The van der Waals surface area contributed by atoms with Crippen LogP contribution in [0.1, 0.15) is 24.9 Å². The highest BCUT2D eigenvalue weighted by Crippen LogP contribution is 2.28. The van der Waals surface area contributed by atoms with Crippen molar-refractivity contribution in [3.05, 3.63) is 29.6 Å². The van der Waals surface area contributed by atoms with E-state index >= 15 is 0 Å². The molecule has 17 heavy (non-hydrogen) atoms. The third-order valence-corrected chi connectivity index (χ3v) is 3.05. The second kappa shape index (κ2) is 5.47. The Hall–Kier alpha value is -1.13. The molecule has 0 saturated carbocycles. The molecule has 0 spiro atoms. The minimum atomic E-state index is -0.296. The summed E-state index contributed by atoms with van der Waals surface area (Å²) in [6, 6.07) is 4.85. The molecule has 1 atom stereocenters. The number of rotatable bonds is 2. The van der Waals surface area contributed by atoms with Crippen LogP contribution in [0.25, 0.3) is 0 Å². The Labute approximate surface area is 101 Å². The number of hydrogen-bond donors (Lipinski definition) is 1. The molecule has 1 aromatic carbocycles. The van der Waals surface area contributed by atoms with Crippen molar-refractivity contribution in [3.63, 3.8) is 0 Å². The lowest BCUT2D eigenvalue weighted by Crippen LogP contribution is -2.28. The molecule has 1 aromatic rings. The van der Waals surface area contributed by atoms with Gasteiger partial charge < -0.3 is 15.4 Å². The molecule has 0 aromatic heterocycles. The van der Waals surface area contributed by atoms with Crippen LogP contribution in [0.4, 0.5) is 10.1 Å². The first-order valence-corrected chi connectivity index (χ1v) is 6.07. The molecule has 3 nitrogen and oxygen atoms in total. The van der Waals surface area contributed by atoms with Crippen molar-refractivity contribution in [1.82, 2.24) is 0 Å². The van der Waals surface area contributed by atoms with E-state index in [0.29, 0.717) is 12.2 Å². The highest BCUT2D eigenvalue weighted by Gasteiger charge is 2.18. The van der Waals surface area contributed by atoms with E-state index in [0.717, 1.165) is 31.8 Å². The molecule has 0 bridgehead atoms. The van der Waals surface area contributed by atoms with Crippen LogP contribution < -0.4 is 10.6 Å². The molecule has 1 fully saturated rings. The lowest BCUT2D eigenvalue weighted by atomic mass is 10.0. The number of benzene rings is 1. The Morgan fingerprint density at radius 2 is 2.18 bits per heavy atom. The molecule has 1 unspecified atom stereocenters. The summed E-state index contributed by atoms with van der Waals surface area (Å²) < 4.78 is 19.2. The fraction of sp³-hybridized carbons (Fsp3) is 0.538. The van der Waals surface area contributed by atoms with Gasteiger partial charge in [-0.05, 0) is 25.5 Å². The zero-order chi connectivity index (χ0) is 12.3. The average Bonchev–Trinajstić information content (AvgIpc) is 2.56. The first-order chi connectivity index (χ1) is 8.20. The highest BCUT2D eigenvalue weighted by atomic mass is 19.1. The fourth-order valence-corrected chi connectivity index (χ4v) is 2.24. The molecule has 4 heteroatoms. The molecular weight excluding hydrogens is 219 g/mol. The van der Waals surface area contributed by atoms with Crippen molar-refractivity contribution in [1.29, 1.82) is 0 Å². The van der Waals surface area contributed by atoms with Gasteiger partial charge in [-0.1, -0.05) is 6.07 Å². The number of nitrogens with zero attached hydrogens (tertiary/aromatic N) is 1. The summed E-state index contributed by atoms with van der Waals surface area (Å²) in [5.74, 6) is -0.220. The van der Waals surface area contributed by atoms with E-state index < -0.39 is 0 Å². The molecular formula is C13H19FN2O. The lowest BCUT2D eigenvalue weighted by Gasteiger charge is -2.26. The summed E-state index contributed by atoms with van der Waals surface area (Å²) in [7, 11) is 0. The Bertz CT molecular complexity index is 374. The molecule has 2 rings (SSSR count). The number of anilines is 1. The average molecular weight is 238 g/mol. The fourth-order valence-electron chi connectivity index (χ4n) is 2.24. The van der Waals surface area contributed by atoms with Crippen LogP contribution in [0.3, 0.4) is 0 Å². The minimum Gasteiger partial charge on any atom is -0.380 e. The van der Waals surface area contributed by atoms with Gasteiger partial charge in [-0.2, -0.15) is 0 Å². The Balaban J connectivity index is 2.32. The van der Waals surface area contributed by atoms with Gasteiger partial charge in [0, 0.05) is 37.0 Å². The van der Waals surface area contributed by atoms with Gasteiger partial charge in [0.25, 0.3) is 0 Å². The zero-order valence-electron chi connectivity index (χ0n) is 10.2. The van der Waals surface area contributed by atoms with Gasteiger partial charge in [-0.3, -0.25) is 0 Å². The van der Waals surface area contributed by atoms with E-state index in [1.807, 2.05) is 13.0 Å². The minimum absolute atomic E-state index is 0.220. The summed E-state index contributed by atoms with van der Waals surface area (Å²) in [4.78, 5) is 2.16. The van der Waals surface area contributed by atoms with Crippen molar-refractivity contribution in [2.45, 2.75) is 19.4 Å². The van der Waals surface area contributed by atoms with Gasteiger partial charge in [0.05, 0.1) is 6.61 Å². The number of halogens is 1. The largest absolute Gasteiger partial charge is 0.380 e. The molecule has 2 N–H and O–H groups in total. The molecule has 0 aliphatic carbocycles. The zero-order valence-corrected chi connectivity index (χ0v) is 10.2. The Morgan fingerprint density at radius 1 is 1.35 bits per heavy atom. The second-order valence-electron chi connectivity index (χ2n) is 4.41. The van der Waals surface area contributed by atoms with Crippen LogP contribution >= 0.6 is 0 Å². The highest BCUT2D eigenvalue weighted by molar-refractivity contribution is 5.55. The van der Waals surface area contributed by atoms with Crippen LogP contribution in [-0.4, -0.2) is 26.3 Å². The van der Waals surface area contributed by atoms with E-state index in [-0.39, 0.29) is 11.9 Å². The van der Waals surface area contributed by atoms with Gasteiger partial charge in [-0.15, -0.1) is 0 Å². The van der Waals surface area contributed by atoms with Gasteiger partial charge in [0.15, 0.2) is 0 Å². The smallest absolute Gasteiger partial charge is 0.130 e. The van der Waals surface area contributed by atoms with E-state index in [1.54, 1.807) is 6.07 Å². The standard InChI is InChI=1S/C13H19FN2O/c1-10(15)13-11(14)4-2-5-12(13)16-6-3-8-17-9-7-16/h2,4-5,10H,3,6-9,15H2,1H3. The Morgan fingerprint density at radius 3 is 2.94 bits per heavy atom. The van der Waals surface area contributed by atoms with Crippen molar-refractivity contribution in [3.8, 4) is 0 Å². The maximum absolute atomic E-state index is 13.8. The van der Waals surface area contributed by atoms with E-state index in [1.165, 1.54) is 6.07 Å². The Kier molecular flexibility index (Phi) is 3.97. The normalized spacial score (nSPS) is 18.9. The summed E-state index contributed by atoms with van der Waals surface area (Å²) in [5, 5.41) is 0. The first-order valence-electron chi connectivity index (χ1n) is 6.07. The molecule has 94 valence electrons. The van der Waals surface area contributed by atoms with E-state index in [9.17, 15) is 4.39 Å². The van der Waals surface area contributed by atoms with Gasteiger partial charge in [0.1, 0.15) is 5.82 Å². The first kappa shape index (κ1) is 12.3. The van der Waals surface area contributed by atoms with Crippen LogP contribution in [0.2, 0.25) is 0 Å². The van der Waals surface area contributed by atoms with E-state index in [2.05, 4.69) is 4.90 Å². The number of ether oxygens (including phenoxy) is 1. The third-order valence-electron chi connectivity index (χ3n) is 3.05.